The number of nitrogens with one attached hydrogen (secondary N) is 1. The fourth-order valence-electron chi connectivity index (χ4n) is 2.06. The molecule has 2 aromatic carbocycles. The average Bonchev–Trinajstić information content (AvgIpc) is 2.45. The van der Waals surface area contributed by atoms with Crippen molar-refractivity contribution in [3.05, 3.63) is 62.3 Å². The van der Waals surface area contributed by atoms with E-state index in [0.29, 0.717) is 4.47 Å². The van der Waals surface area contributed by atoms with Gasteiger partial charge in [0.05, 0.1) is 17.6 Å². The first-order chi connectivity index (χ1) is 9.56. The molecule has 20 heavy (non-hydrogen) atoms. The van der Waals surface area contributed by atoms with Crippen LogP contribution < -0.4 is 10.1 Å². The zero-order valence-corrected chi connectivity index (χ0v) is 14.3. The van der Waals surface area contributed by atoms with Gasteiger partial charge in [-0.05, 0) is 58.4 Å². The Morgan fingerprint density at radius 1 is 1.10 bits per heavy atom. The van der Waals surface area contributed by atoms with Gasteiger partial charge >= 0.3 is 0 Å². The molecular formula is C15H14Br2FNO. The molecule has 2 rings (SSSR count). The summed E-state index contributed by atoms with van der Waals surface area (Å²) in [5.41, 5.74) is 1.88. The van der Waals surface area contributed by atoms with Crippen molar-refractivity contribution in [2.45, 2.75) is 6.04 Å². The predicted octanol–water partition coefficient (Wildman–Crippen LogP) is 4.67. The minimum atomic E-state index is -0.271. The average molecular weight is 403 g/mol. The Morgan fingerprint density at radius 2 is 1.85 bits per heavy atom. The van der Waals surface area contributed by atoms with Crippen molar-refractivity contribution >= 4 is 31.9 Å². The first-order valence-electron chi connectivity index (χ1n) is 6.02. The first kappa shape index (κ1) is 15.5. The summed E-state index contributed by atoms with van der Waals surface area (Å²) >= 11 is 6.71. The van der Waals surface area contributed by atoms with Crippen molar-refractivity contribution < 1.29 is 9.13 Å². The van der Waals surface area contributed by atoms with E-state index in [1.54, 1.807) is 13.2 Å². The van der Waals surface area contributed by atoms with Gasteiger partial charge in [0.25, 0.3) is 0 Å². The van der Waals surface area contributed by atoms with Gasteiger partial charge in [0.1, 0.15) is 11.6 Å². The molecule has 0 aromatic heterocycles. The van der Waals surface area contributed by atoms with Crippen molar-refractivity contribution in [3.8, 4) is 5.75 Å². The lowest BCUT2D eigenvalue weighted by Gasteiger charge is -2.19. The highest BCUT2D eigenvalue weighted by atomic mass is 79.9. The van der Waals surface area contributed by atoms with Crippen molar-refractivity contribution in [2.75, 3.05) is 14.2 Å². The normalized spacial score (nSPS) is 12.2. The Balaban J connectivity index is 2.43. The number of hydrogen-bond acceptors (Lipinski definition) is 2. The van der Waals surface area contributed by atoms with Crippen LogP contribution in [0.15, 0.2) is 45.3 Å². The lowest BCUT2D eigenvalue weighted by Crippen LogP contribution is -2.18. The fourth-order valence-corrected chi connectivity index (χ4v) is 2.90. The van der Waals surface area contributed by atoms with Crippen LogP contribution in [0.4, 0.5) is 4.39 Å². The molecule has 0 aliphatic heterocycles. The molecule has 0 amide bonds. The molecule has 0 spiro atoms. The second kappa shape index (κ2) is 6.70. The summed E-state index contributed by atoms with van der Waals surface area (Å²) in [6, 6.07) is 10.8. The van der Waals surface area contributed by atoms with Gasteiger partial charge < -0.3 is 10.1 Å². The Labute approximate surface area is 134 Å². The van der Waals surface area contributed by atoms with E-state index in [1.807, 2.05) is 31.3 Å². The Hall–Kier alpha value is -0.910. The highest BCUT2D eigenvalue weighted by molar-refractivity contribution is 9.10. The molecule has 1 unspecified atom stereocenters. The van der Waals surface area contributed by atoms with Crippen LogP contribution in [-0.2, 0) is 0 Å². The smallest absolute Gasteiger partial charge is 0.137 e. The number of halogens is 3. The molecule has 106 valence electrons. The molecule has 0 radical (unpaired) electrons. The molecule has 2 nitrogen and oxygen atoms in total. The molecule has 0 bridgehead atoms. The zero-order chi connectivity index (χ0) is 14.7. The molecule has 2 aromatic rings. The van der Waals surface area contributed by atoms with Crippen LogP contribution in [-0.4, -0.2) is 14.2 Å². The summed E-state index contributed by atoms with van der Waals surface area (Å²) in [7, 11) is 3.47. The molecule has 0 heterocycles. The highest BCUT2D eigenvalue weighted by Crippen LogP contribution is 2.32. The van der Waals surface area contributed by atoms with Crippen LogP contribution in [0, 0.1) is 5.82 Å². The summed E-state index contributed by atoms with van der Waals surface area (Å²) < 4.78 is 20.3. The van der Waals surface area contributed by atoms with Gasteiger partial charge in [0.15, 0.2) is 0 Å². The Morgan fingerprint density at radius 3 is 2.40 bits per heavy atom. The number of ether oxygens (including phenoxy) is 1. The van der Waals surface area contributed by atoms with E-state index >= 15 is 0 Å². The van der Waals surface area contributed by atoms with E-state index in [-0.39, 0.29) is 11.9 Å². The number of rotatable bonds is 4. The van der Waals surface area contributed by atoms with Crippen molar-refractivity contribution in [2.24, 2.45) is 0 Å². The van der Waals surface area contributed by atoms with Crippen LogP contribution in [0.25, 0.3) is 0 Å². The minimum absolute atomic E-state index is 0.0992. The first-order valence-corrected chi connectivity index (χ1v) is 7.61. The number of methoxy groups -OCH3 is 1. The second-order valence-corrected chi connectivity index (χ2v) is 5.99. The molecular weight excluding hydrogens is 389 g/mol. The van der Waals surface area contributed by atoms with Gasteiger partial charge in [-0.15, -0.1) is 0 Å². The van der Waals surface area contributed by atoms with Crippen molar-refractivity contribution in [1.29, 1.82) is 0 Å². The van der Waals surface area contributed by atoms with Gasteiger partial charge in [-0.1, -0.05) is 28.1 Å². The van der Waals surface area contributed by atoms with E-state index < -0.39 is 0 Å². The maximum atomic E-state index is 13.7. The van der Waals surface area contributed by atoms with E-state index in [0.717, 1.165) is 21.3 Å². The molecule has 0 aliphatic rings. The van der Waals surface area contributed by atoms with Crippen LogP contribution in [0.2, 0.25) is 0 Å². The molecule has 0 saturated carbocycles. The molecule has 0 saturated heterocycles. The van der Waals surface area contributed by atoms with Crippen LogP contribution in [0.5, 0.6) is 5.75 Å². The number of hydrogen-bond donors (Lipinski definition) is 1. The fraction of sp³-hybridized carbons (Fsp3) is 0.200. The van der Waals surface area contributed by atoms with Gasteiger partial charge in [0, 0.05) is 4.47 Å². The molecule has 0 aliphatic carbocycles. The van der Waals surface area contributed by atoms with Crippen LogP contribution in [0.3, 0.4) is 0 Å². The quantitative estimate of drug-likeness (QED) is 0.802. The van der Waals surface area contributed by atoms with Gasteiger partial charge in [-0.3, -0.25) is 0 Å². The summed E-state index contributed by atoms with van der Waals surface area (Å²) in [5, 5.41) is 3.21. The topological polar surface area (TPSA) is 21.3 Å². The lowest BCUT2D eigenvalue weighted by molar-refractivity contribution is 0.414. The van der Waals surface area contributed by atoms with E-state index in [4.69, 9.17) is 4.74 Å². The monoisotopic (exact) mass is 401 g/mol. The maximum absolute atomic E-state index is 13.7. The summed E-state index contributed by atoms with van der Waals surface area (Å²) in [6.45, 7) is 0. The molecule has 5 heteroatoms. The summed E-state index contributed by atoms with van der Waals surface area (Å²) in [5.74, 6) is 0.504. The third-order valence-electron chi connectivity index (χ3n) is 3.08. The van der Waals surface area contributed by atoms with Crippen LogP contribution >= 0.6 is 31.9 Å². The largest absolute Gasteiger partial charge is 0.497 e. The van der Waals surface area contributed by atoms with Crippen molar-refractivity contribution in [1.82, 2.24) is 5.32 Å². The second-order valence-electron chi connectivity index (χ2n) is 4.28. The van der Waals surface area contributed by atoms with Crippen molar-refractivity contribution in [3.63, 3.8) is 0 Å². The Kier molecular flexibility index (Phi) is 5.18. The van der Waals surface area contributed by atoms with E-state index in [1.165, 1.54) is 6.07 Å². The SMILES string of the molecule is CNC(c1ccc(Br)c(F)c1)c1ccc(OC)cc1Br. The maximum Gasteiger partial charge on any atom is 0.137 e. The zero-order valence-electron chi connectivity index (χ0n) is 11.1. The minimum Gasteiger partial charge on any atom is -0.497 e. The van der Waals surface area contributed by atoms with Gasteiger partial charge in [-0.2, -0.15) is 0 Å². The van der Waals surface area contributed by atoms with Gasteiger partial charge in [0.2, 0.25) is 0 Å². The lowest BCUT2D eigenvalue weighted by atomic mass is 9.98. The standard InChI is InChI=1S/C15H14Br2FNO/c1-19-15(9-3-6-12(16)14(18)7-9)11-5-4-10(20-2)8-13(11)17/h3-8,15,19H,1-2H3. The third kappa shape index (κ3) is 3.22. The predicted molar refractivity (Wildman–Crippen MR) is 85.7 cm³/mol. The van der Waals surface area contributed by atoms with Gasteiger partial charge in [-0.25, -0.2) is 4.39 Å². The van der Waals surface area contributed by atoms with Crippen LogP contribution in [0.1, 0.15) is 17.2 Å². The van der Waals surface area contributed by atoms with E-state index in [9.17, 15) is 4.39 Å². The summed E-state index contributed by atoms with van der Waals surface area (Å²) in [6.07, 6.45) is 0. The third-order valence-corrected chi connectivity index (χ3v) is 4.41. The number of benzene rings is 2. The highest BCUT2D eigenvalue weighted by Gasteiger charge is 2.16. The van der Waals surface area contributed by atoms with E-state index in [2.05, 4.69) is 37.2 Å². The molecule has 1 N–H and O–H groups in total. The summed E-state index contributed by atoms with van der Waals surface area (Å²) in [4.78, 5) is 0. The molecule has 0 fully saturated rings. The molecule has 1 atom stereocenters. The Bertz CT molecular complexity index is 619.